The third-order valence-corrected chi connectivity index (χ3v) is 4.49. The van der Waals surface area contributed by atoms with Gasteiger partial charge in [-0.05, 0) is 31.1 Å². The van der Waals surface area contributed by atoms with Gasteiger partial charge in [-0.15, -0.1) is 24.0 Å². The summed E-state index contributed by atoms with van der Waals surface area (Å²) in [6.45, 7) is 6.49. The molecule has 0 aromatic heterocycles. The summed E-state index contributed by atoms with van der Waals surface area (Å²) in [7, 11) is 3.52. The van der Waals surface area contributed by atoms with E-state index in [-0.39, 0.29) is 36.4 Å². The highest BCUT2D eigenvalue weighted by atomic mass is 127. The molecule has 1 fully saturated rings. The zero-order chi connectivity index (χ0) is 15.7. The molecule has 0 spiro atoms. The number of carbonyl (C=O) groups excluding carboxylic acids is 1. The van der Waals surface area contributed by atoms with E-state index < -0.39 is 0 Å². The monoisotopic (exact) mass is 424 g/mol. The van der Waals surface area contributed by atoms with Gasteiger partial charge in [0.05, 0.1) is 0 Å². The number of aliphatic imine (C=N–C) groups is 1. The molecule has 0 saturated heterocycles. The van der Waals surface area contributed by atoms with Gasteiger partial charge in [0.15, 0.2) is 5.96 Å². The Morgan fingerprint density at radius 3 is 2.36 bits per heavy atom. The molecular weight excluding hydrogens is 391 g/mol. The highest BCUT2D eigenvalue weighted by molar-refractivity contribution is 14.0. The average molecular weight is 424 g/mol. The molecule has 0 aromatic rings. The van der Waals surface area contributed by atoms with Crippen molar-refractivity contribution in [3.63, 3.8) is 0 Å². The fourth-order valence-electron chi connectivity index (χ4n) is 2.45. The summed E-state index contributed by atoms with van der Waals surface area (Å²) in [5, 5.41) is 6.76. The van der Waals surface area contributed by atoms with E-state index in [1.807, 2.05) is 0 Å². The third-order valence-electron chi connectivity index (χ3n) is 4.49. The van der Waals surface area contributed by atoms with Crippen molar-refractivity contribution < 1.29 is 4.79 Å². The van der Waals surface area contributed by atoms with Gasteiger partial charge in [-0.3, -0.25) is 4.79 Å². The largest absolute Gasteiger partial charge is 0.356 e. The summed E-state index contributed by atoms with van der Waals surface area (Å²) < 4.78 is 0. The number of hydrogen-bond donors (Lipinski definition) is 2. The summed E-state index contributed by atoms with van der Waals surface area (Å²) in [5.41, 5.74) is 0.443. The number of likely N-dealkylation sites (N-methyl/N-ethyl adjacent to an activating group) is 1. The number of guanidine groups is 1. The second kappa shape index (κ2) is 11.1. The smallest absolute Gasteiger partial charge is 0.243 e. The molecule has 1 amide bonds. The third kappa shape index (κ3) is 7.15. The Labute approximate surface area is 152 Å². The summed E-state index contributed by atoms with van der Waals surface area (Å²) in [6.07, 6.45) is 7.41. The van der Waals surface area contributed by atoms with Crippen LogP contribution in [0.3, 0.4) is 0 Å². The second-order valence-corrected chi connectivity index (χ2v) is 6.29. The van der Waals surface area contributed by atoms with Crippen LogP contribution in [-0.4, -0.2) is 50.5 Å². The van der Waals surface area contributed by atoms with Crippen LogP contribution in [0, 0.1) is 5.41 Å². The standard InChI is InChI=1S/C16H32N4O.HI/c1-5-7-11-17-15(18-12-14(21)20(3)4)19-13-16(6-2)9-8-10-16;/h5-13H2,1-4H3,(H2,17,18,19);1H. The van der Waals surface area contributed by atoms with Crippen LogP contribution in [0.4, 0.5) is 0 Å². The summed E-state index contributed by atoms with van der Waals surface area (Å²) in [6, 6.07) is 0. The molecule has 1 aliphatic rings. The average Bonchev–Trinajstić information content (AvgIpc) is 2.42. The van der Waals surface area contributed by atoms with Gasteiger partial charge in [0.2, 0.25) is 5.91 Å². The fourth-order valence-corrected chi connectivity index (χ4v) is 2.45. The Bertz CT molecular complexity index is 349. The minimum Gasteiger partial charge on any atom is -0.356 e. The SMILES string of the molecule is CCCCNC(=NCC(=O)N(C)C)NCC1(CC)CCC1.I. The Balaban J connectivity index is 0.00000441. The number of nitrogens with zero attached hydrogens (tertiary/aromatic N) is 2. The number of amides is 1. The van der Waals surface area contributed by atoms with Gasteiger partial charge >= 0.3 is 0 Å². The quantitative estimate of drug-likeness (QED) is 0.273. The van der Waals surface area contributed by atoms with Crippen molar-refractivity contribution in [2.75, 3.05) is 33.7 Å². The zero-order valence-electron chi connectivity index (χ0n) is 14.6. The molecule has 2 N–H and O–H groups in total. The number of halogens is 1. The lowest BCUT2D eigenvalue weighted by molar-refractivity contribution is -0.127. The lowest BCUT2D eigenvalue weighted by atomic mass is 9.67. The van der Waals surface area contributed by atoms with Crippen LogP contribution in [0.15, 0.2) is 4.99 Å². The maximum atomic E-state index is 11.7. The molecule has 0 heterocycles. The highest BCUT2D eigenvalue weighted by Crippen LogP contribution is 2.42. The van der Waals surface area contributed by atoms with Crippen LogP contribution in [0.5, 0.6) is 0 Å². The molecule has 5 nitrogen and oxygen atoms in total. The molecule has 1 saturated carbocycles. The number of carbonyl (C=O) groups is 1. The molecule has 1 aliphatic carbocycles. The minimum atomic E-state index is 0. The lowest BCUT2D eigenvalue weighted by Gasteiger charge is -2.41. The molecule has 130 valence electrons. The predicted molar refractivity (Wildman–Crippen MR) is 104 cm³/mol. The zero-order valence-corrected chi connectivity index (χ0v) is 16.9. The molecule has 0 atom stereocenters. The van der Waals surface area contributed by atoms with Crippen LogP contribution in [0.1, 0.15) is 52.4 Å². The van der Waals surface area contributed by atoms with Gasteiger partial charge in [0.25, 0.3) is 0 Å². The van der Waals surface area contributed by atoms with Gasteiger partial charge in [-0.1, -0.05) is 26.7 Å². The van der Waals surface area contributed by atoms with E-state index in [0.29, 0.717) is 5.41 Å². The van der Waals surface area contributed by atoms with E-state index >= 15 is 0 Å². The van der Waals surface area contributed by atoms with Gasteiger partial charge in [0, 0.05) is 27.2 Å². The molecule has 0 radical (unpaired) electrons. The van der Waals surface area contributed by atoms with Crippen molar-refractivity contribution in [1.29, 1.82) is 0 Å². The summed E-state index contributed by atoms with van der Waals surface area (Å²) in [4.78, 5) is 17.7. The van der Waals surface area contributed by atoms with Crippen molar-refractivity contribution in [2.24, 2.45) is 10.4 Å². The van der Waals surface area contributed by atoms with E-state index in [4.69, 9.17) is 0 Å². The van der Waals surface area contributed by atoms with Crippen LogP contribution in [-0.2, 0) is 4.79 Å². The first kappa shape index (κ1) is 21.5. The number of nitrogens with one attached hydrogen (secondary N) is 2. The summed E-state index contributed by atoms with van der Waals surface area (Å²) in [5.74, 6) is 0.804. The highest BCUT2D eigenvalue weighted by Gasteiger charge is 2.34. The summed E-state index contributed by atoms with van der Waals surface area (Å²) >= 11 is 0. The van der Waals surface area contributed by atoms with Crippen LogP contribution in [0.25, 0.3) is 0 Å². The second-order valence-electron chi connectivity index (χ2n) is 6.29. The van der Waals surface area contributed by atoms with Gasteiger partial charge in [0.1, 0.15) is 6.54 Å². The number of unbranched alkanes of at least 4 members (excludes halogenated alkanes) is 1. The van der Waals surface area contributed by atoms with Crippen LogP contribution in [0.2, 0.25) is 0 Å². The molecule has 0 bridgehead atoms. The van der Waals surface area contributed by atoms with Crippen molar-refractivity contribution in [3.8, 4) is 0 Å². The maximum absolute atomic E-state index is 11.7. The Kier molecular flexibility index (Phi) is 10.8. The predicted octanol–water partition coefficient (Wildman–Crippen LogP) is 2.61. The van der Waals surface area contributed by atoms with Gasteiger partial charge in [-0.25, -0.2) is 4.99 Å². The minimum absolute atomic E-state index is 0. The van der Waals surface area contributed by atoms with Crippen LogP contribution < -0.4 is 10.6 Å². The first-order valence-corrected chi connectivity index (χ1v) is 8.25. The molecule has 0 aromatic carbocycles. The van der Waals surface area contributed by atoms with Gasteiger partial charge < -0.3 is 15.5 Å². The van der Waals surface area contributed by atoms with E-state index in [1.54, 1.807) is 19.0 Å². The fraction of sp³-hybridized carbons (Fsp3) is 0.875. The van der Waals surface area contributed by atoms with Crippen molar-refractivity contribution >= 4 is 35.8 Å². The Morgan fingerprint density at radius 2 is 1.91 bits per heavy atom. The van der Waals surface area contributed by atoms with Crippen molar-refractivity contribution in [2.45, 2.75) is 52.4 Å². The molecule has 6 heteroatoms. The maximum Gasteiger partial charge on any atom is 0.243 e. The van der Waals surface area contributed by atoms with E-state index in [0.717, 1.165) is 31.9 Å². The van der Waals surface area contributed by atoms with E-state index in [1.165, 1.54) is 25.7 Å². The molecule has 1 rings (SSSR count). The van der Waals surface area contributed by atoms with Crippen molar-refractivity contribution in [1.82, 2.24) is 15.5 Å². The number of hydrogen-bond acceptors (Lipinski definition) is 2. The van der Waals surface area contributed by atoms with E-state index in [9.17, 15) is 4.79 Å². The first-order valence-electron chi connectivity index (χ1n) is 8.25. The lowest BCUT2D eigenvalue weighted by Crippen LogP contribution is -2.46. The van der Waals surface area contributed by atoms with Crippen LogP contribution >= 0.6 is 24.0 Å². The number of rotatable bonds is 8. The normalized spacial score (nSPS) is 16.3. The first-order chi connectivity index (χ1) is 10.0. The Morgan fingerprint density at radius 1 is 1.23 bits per heavy atom. The van der Waals surface area contributed by atoms with E-state index in [2.05, 4.69) is 29.5 Å². The Hall–Kier alpha value is -0.530. The van der Waals surface area contributed by atoms with Crippen molar-refractivity contribution in [3.05, 3.63) is 0 Å². The topological polar surface area (TPSA) is 56.7 Å². The molecule has 0 aliphatic heterocycles. The molecular formula is C16H33IN4O. The van der Waals surface area contributed by atoms with Gasteiger partial charge in [-0.2, -0.15) is 0 Å². The molecule has 22 heavy (non-hydrogen) atoms. The molecule has 0 unspecified atom stereocenters.